The molecule has 0 spiro atoms. The average molecular weight is 377 g/mol. The van der Waals surface area contributed by atoms with E-state index in [4.69, 9.17) is 0 Å². The molecule has 1 aromatic heterocycles. The van der Waals surface area contributed by atoms with E-state index in [1.54, 1.807) is 12.4 Å². The van der Waals surface area contributed by atoms with Crippen molar-refractivity contribution in [2.75, 3.05) is 26.2 Å². The third-order valence-electron chi connectivity index (χ3n) is 4.57. The topological polar surface area (TPSA) is 140 Å². The van der Waals surface area contributed by atoms with Gasteiger partial charge in [0.05, 0.1) is 19.1 Å². The summed E-state index contributed by atoms with van der Waals surface area (Å²) in [6, 6.07) is -1.22. The molecule has 11 heteroatoms. The molecule has 0 aliphatic carbocycles. The van der Waals surface area contributed by atoms with E-state index in [2.05, 4.69) is 25.9 Å². The van der Waals surface area contributed by atoms with Crippen molar-refractivity contribution in [2.24, 2.45) is 0 Å². The lowest BCUT2D eigenvalue weighted by atomic mass is 10.1. The van der Waals surface area contributed by atoms with Crippen LogP contribution in [0.15, 0.2) is 12.4 Å². The number of urea groups is 1. The third kappa shape index (κ3) is 4.42. The van der Waals surface area contributed by atoms with Gasteiger partial charge in [0.1, 0.15) is 12.4 Å². The Hall–Kier alpha value is -2.95. The lowest BCUT2D eigenvalue weighted by molar-refractivity contribution is -0.130. The summed E-state index contributed by atoms with van der Waals surface area (Å²) < 4.78 is 0. The van der Waals surface area contributed by atoms with Crippen molar-refractivity contribution in [3.63, 3.8) is 0 Å². The van der Waals surface area contributed by atoms with Crippen LogP contribution in [-0.4, -0.2) is 81.8 Å². The molecule has 2 atom stereocenters. The van der Waals surface area contributed by atoms with E-state index in [9.17, 15) is 19.2 Å². The van der Waals surface area contributed by atoms with Crippen LogP contribution in [0.2, 0.25) is 0 Å². The predicted octanol–water partition coefficient (Wildman–Crippen LogP) is -1.84. The van der Waals surface area contributed by atoms with Crippen molar-refractivity contribution >= 4 is 23.8 Å². The number of nitrogens with one attached hydrogen (secondary N) is 4. The van der Waals surface area contributed by atoms with Crippen molar-refractivity contribution < 1.29 is 19.2 Å². The first kappa shape index (κ1) is 18.8. The highest BCUT2D eigenvalue weighted by Crippen LogP contribution is 2.20. The van der Waals surface area contributed by atoms with E-state index in [0.717, 1.165) is 10.7 Å². The van der Waals surface area contributed by atoms with Crippen LogP contribution in [0.3, 0.4) is 0 Å². The first-order valence-corrected chi connectivity index (χ1v) is 8.85. The van der Waals surface area contributed by atoms with Crippen molar-refractivity contribution in [3.05, 3.63) is 18.2 Å². The zero-order valence-corrected chi connectivity index (χ0v) is 15.0. The van der Waals surface area contributed by atoms with Crippen molar-refractivity contribution in [3.8, 4) is 0 Å². The van der Waals surface area contributed by atoms with Gasteiger partial charge in [0.2, 0.25) is 11.8 Å². The number of H-pyrrole nitrogens is 1. The summed E-state index contributed by atoms with van der Waals surface area (Å²) in [5.41, 5.74) is 0. The molecule has 0 aromatic carbocycles. The van der Waals surface area contributed by atoms with E-state index < -0.39 is 23.9 Å². The molecule has 11 nitrogen and oxygen atoms in total. The van der Waals surface area contributed by atoms with Gasteiger partial charge in [0.15, 0.2) is 0 Å². The first-order valence-electron chi connectivity index (χ1n) is 8.85. The number of imide groups is 1. The Labute approximate surface area is 155 Å². The number of nitrogens with zero attached hydrogens (tertiary/aromatic N) is 3. The van der Waals surface area contributed by atoms with E-state index in [0.29, 0.717) is 26.1 Å². The van der Waals surface area contributed by atoms with Gasteiger partial charge in [-0.05, 0) is 13.3 Å². The fraction of sp³-hybridized carbons (Fsp3) is 0.562. The molecule has 2 saturated heterocycles. The standard InChI is InChI=1S/C16H23N7O4/c1-2-17-15(26)11-5-10(7-22(11)8-12-18-3-4-19-12)21-13(24)9-23-14(25)6-20-16(23)27/h3-4,10-11H,2,5-9H2,1H3,(H,17,26)(H,18,19)(H,20,27)(H,21,24)/t10-,11-/m0/s1. The van der Waals surface area contributed by atoms with Gasteiger partial charge in [-0.1, -0.05) is 0 Å². The quantitative estimate of drug-likeness (QED) is 0.412. The first-order chi connectivity index (χ1) is 13.0. The number of amides is 5. The fourth-order valence-corrected chi connectivity index (χ4v) is 3.36. The molecule has 0 unspecified atom stereocenters. The molecule has 1 aromatic rings. The van der Waals surface area contributed by atoms with Crippen LogP contribution in [0.1, 0.15) is 19.2 Å². The summed E-state index contributed by atoms with van der Waals surface area (Å²) in [6.07, 6.45) is 3.80. The molecule has 2 aliphatic rings. The van der Waals surface area contributed by atoms with Gasteiger partial charge < -0.3 is 20.9 Å². The van der Waals surface area contributed by atoms with Crippen LogP contribution >= 0.6 is 0 Å². The number of aromatic amines is 1. The van der Waals surface area contributed by atoms with Gasteiger partial charge in [-0.15, -0.1) is 0 Å². The minimum atomic E-state index is -0.568. The molecule has 5 amide bonds. The molecule has 0 saturated carbocycles. The molecular weight excluding hydrogens is 354 g/mol. The second-order valence-electron chi connectivity index (χ2n) is 6.51. The minimum absolute atomic E-state index is 0.0915. The summed E-state index contributed by atoms with van der Waals surface area (Å²) >= 11 is 0. The molecule has 27 heavy (non-hydrogen) atoms. The Morgan fingerprint density at radius 2 is 2.19 bits per heavy atom. The number of likely N-dealkylation sites (tertiary alicyclic amines) is 1. The van der Waals surface area contributed by atoms with Crippen molar-refractivity contribution in [1.29, 1.82) is 0 Å². The maximum absolute atomic E-state index is 12.4. The number of hydrogen-bond acceptors (Lipinski definition) is 6. The van der Waals surface area contributed by atoms with Crippen LogP contribution < -0.4 is 16.0 Å². The number of hydrogen-bond donors (Lipinski definition) is 4. The molecule has 3 heterocycles. The molecule has 2 aliphatic heterocycles. The Morgan fingerprint density at radius 1 is 1.37 bits per heavy atom. The molecule has 4 N–H and O–H groups in total. The second kappa shape index (κ2) is 8.16. The third-order valence-corrected chi connectivity index (χ3v) is 4.57. The minimum Gasteiger partial charge on any atom is -0.355 e. The molecule has 146 valence electrons. The van der Waals surface area contributed by atoms with Crippen molar-refractivity contribution in [1.82, 2.24) is 35.7 Å². The highest BCUT2D eigenvalue weighted by molar-refractivity contribution is 6.04. The number of imidazole rings is 1. The summed E-state index contributed by atoms with van der Waals surface area (Å²) in [7, 11) is 0. The van der Waals surface area contributed by atoms with E-state index in [-0.39, 0.29) is 25.0 Å². The van der Waals surface area contributed by atoms with Gasteiger partial charge in [-0.25, -0.2) is 9.78 Å². The van der Waals surface area contributed by atoms with Crippen LogP contribution in [0.25, 0.3) is 0 Å². The largest absolute Gasteiger partial charge is 0.355 e. The van der Waals surface area contributed by atoms with E-state index in [1.807, 2.05) is 11.8 Å². The summed E-state index contributed by atoms with van der Waals surface area (Å²) in [5.74, 6) is -0.230. The van der Waals surface area contributed by atoms with Crippen LogP contribution in [-0.2, 0) is 20.9 Å². The summed E-state index contributed by atoms with van der Waals surface area (Å²) in [4.78, 5) is 57.8. The summed E-state index contributed by atoms with van der Waals surface area (Å²) in [5, 5.41) is 8.00. The zero-order chi connectivity index (χ0) is 19.4. The molecular formula is C16H23N7O4. The number of likely N-dealkylation sites (N-methyl/N-ethyl adjacent to an activating group) is 1. The Kier molecular flexibility index (Phi) is 5.69. The van der Waals surface area contributed by atoms with E-state index >= 15 is 0 Å². The fourth-order valence-electron chi connectivity index (χ4n) is 3.36. The number of aromatic nitrogens is 2. The predicted molar refractivity (Wildman–Crippen MR) is 93.1 cm³/mol. The second-order valence-corrected chi connectivity index (χ2v) is 6.51. The van der Waals surface area contributed by atoms with Gasteiger partial charge >= 0.3 is 6.03 Å². The number of carbonyl (C=O) groups is 4. The molecule has 0 bridgehead atoms. The van der Waals surface area contributed by atoms with Gasteiger partial charge in [0, 0.05) is 31.5 Å². The zero-order valence-electron chi connectivity index (χ0n) is 15.0. The normalized spacial score (nSPS) is 22.8. The van der Waals surface area contributed by atoms with Crippen LogP contribution in [0, 0.1) is 0 Å². The smallest absolute Gasteiger partial charge is 0.325 e. The van der Waals surface area contributed by atoms with Gasteiger partial charge in [-0.2, -0.15) is 0 Å². The monoisotopic (exact) mass is 377 g/mol. The average Bonchev–Trinajstić information content (AvgIpc) is 3.34. The van der Waals surface area contributed by atoms with Gasteiger partial charge in [-0.3, -0.25) is 24.2 Å². The molecule has 0 radical (unpaired) electrons. The Morgan fingerprint density at radius 3 is 2.81 bits per heavy atom. The van der Waals surface area contributed by atoms with E-state index in [1.165, 1.54) is 0 Å². The maximum atomic E-state index is 12.4. The number of carbonyl (C=O) groups excluding carboxylic acids is 4. The Balaban J connectivity index is 1.60. The summed E-state index contributed by atoms with van der Waals surface area (Å²) in [6.45, 7) is 2.87. The van der Waals surface area contributed by atoms with Crippen molar-refractivity contribution in [2.45, 2.75) is 32.0 Å². The Bertz CT molecular complexity index is 704. The van der Waals surface area contributed by atoms with Crippen LogP contribution in [0.5, 0.6) is 0 Å². The SMILES string of the molecule is CCNC(=O)[C@@H]1C[C@H](NC(=O)CN2C(=O)CNC2=O)CN1Cc1ncc[nH]1. The highest BCUT2D eigenvalue weighted by atomic mass is 16.2. The lowest BCUT2D eigenvalue weighted by Crippen LogP contribution is -2.45. The van der Waals surface area contributed by atoms with Gasteiger partial charge in [0.25, 0.3) is 5.91 Å². The highest BCUT2D eigenvalue weighted by Gasteiger charge is 2.38. The maximum Gasteiger partial charge on any atom is 0.325 e. The number of rotatable bonds is 7. The molecule has 3 rings (SSSR count). The lowest BCUT2D eigenvalue weighted by Gasteiger charge is -2.22. The molecule has 2 fully saturated rings. The van der Waals surface area contributed by atoms with Crippen LogP contribution in [0.4, 0.5) is 4.79 Å².